The molecule has 170 valence electrons. The monoisotopic (exact) mass is 447 g/mol. The van der Waals surface area contributed by atoms with E-state index in [-0.39, 0.29) is 30.6 Å². The van der Waals surface area contributed by atoms with Crippen molar-refractivity contribution in [3.8, 4) is 0 Å². The van der Waals surface area contributed by atoms with Crippen molar-refractivity contribution < 1.29 is 14.7 Å². The fraction of sp³-hybridized carbons (Fsp3) is 0.304. The number of hydrogen-bond donors (Lipinski definition) is 2. The molecule has 4 aromatic rings. The van der Waals surface area contributed by atoms with E-state index in [2.05, 4.69) is 25.4 Å². The number of carbonyl (C=O) groups is 2. The first-order valence-electron chi connectivity index (χ1n) is 10.4. The normalized spacial score (nSPS) is 11.7. The Morgan fingerprint density at radius 2 is 1.97 bits per heavy atom. The Morgan fingerprint density at radius 1 is 1.18 bits per heavy atom. The van der Waals surface area contributed by atoms with Crippen LogP contribution >= 0.6 is 0 Å². The van der Waals surface area contributed by atoms with Crippen molar-refractivity contribution in [3.63, 3.8) is 0 Å². The predicted octanol–water partition coefficient (Wildman–Crippen LogP) is 2.28. The van der Waals surface area contributed by atoms with Crippen LogP contribution in [0.15, 0.2) is 43.1 Å². The molecule has 0 fully saturated rings. The van der Waals surface area contributed by atoms with Gasteiger partial charge in [0, 0.05) is 35.2 Å². The first-order chi connectivity index (χ1) is 15.6. The molecular weight excluding hydrogens is 422 g/mol. The number of rotatable bonds is 7. The number of nitrogens with zero attached hydrogens (tertiary/aromatic N) is 6. The van der Waals surface area contributed by atoms with E-state index in [1.165, 1.54) is 18.6 Å². The van der Waals surface area contributed by atoms with Gasteiger partial charge < -0.3 is 15.0 Å². The smallest absolute Gasteiger partial charge is 0.247 e. The third-order valence-electron chi connectivity index (χ3n) is 5.03. The lowest BCUT2D eigenvalue weighted by atomic mass is 10.1. The molecule has 0 spiro atoms. The number of aryl methyl sites for hydroxylation is 2. The van der Waals surface area contributed by atoms with Gasteiger partial charge in [0.15, 0.2) is 5.78 Å². The van der Waals surface area contributed by atoms with Crippen LogP contribution in [0.2, 0.25) is 0 Å². The summed E-state index contributed by atoms with van der Waals surface area (Å²) in [6, 6.07) is 5.01. The lowest BCUT2D eigenvalue weighted by Gasteiger charge is -2.18. The van der Waals surface area contributed by atoms with Gasteiger partial charge in [0.25, 0.3) is 0 Å². The van der Waals surface area contributed by atoms with Crippen molar-refractivity contribution in [1.82, 2.24) is 29.3 Å². The van der Waals surface area contributed by atoms with Crippen LogP contribution in [0, 0.1) is 13.8 Å². The number of nitrogens with one attached hydrogen (secondary N) is 1. The van der Waals surface area contributed by atoms with E-state index in [1.54, 1.807) is 41.6 Å². The lowest BCUT2D eigenvalue weighted by Crippen LogP contribution is -2.25. The molecule has 10 heteroatoms. The molecule has 0 atom stereocenters. The predicted molar refractivity (Wildman–Crippen MR) is 122 cm³/mol. The average molecular weight is 447 g/mol. The molecule has 0 unspecified atom stereocenters. The number of aliphatic hydroxyl groups is 1. The average Bonchev–Trinajstić information content (AvgIpc) is 3.25. The Kier molecular flexibility index (Phi) is 5.77. The van der Waals surface area contributed by atoms with Gasteiger partial charge in [-0.3, -0.25) is 14.3 Å². The van der Waals surface area contributed by atoms with Crippen LogP contribution < -0.4 is 5.32 Å². The number of ketones is 1. The molecule has 4 aromatic heterocycles. The van der Waals surface area contributed by atoms with E-state index in [1.807, 2.05) is 19.9 Å². The first kappa shape index (κ1) is 22.3. The fourth-order valence-corrected chi connectivity index (χ4v) is 3.70. The highest BCUT2D eigenvalue weighted by molar-refractivity contribution is 6.16. The summed E-state index contributed by atoms with van der Waals surface area (Å²) in [5.41, 5.74) is 2.04. The van der Waals surface area contributed by atoms with Crippen molar-refractivity contribution in [2.75, 3.05) is 5.32 Å². The zero-order chi connectivity index (χ0) is 23.8. The third-order valence-corrected chi connectivity index (χ3v) is 5.03. The second kappa shape index (κ2) is 8.55. The molecule has 33 heavy (non-hydrogen) atoms. The van der Waals surface area contributed by atoms with Gasteiger partial charge >= 0.3 is 0 Å². The number of anilines is 1. The molecule has 0 bridgehead atoms. The highest BCUT2D eigenvalue weighted by Crippen LogP contribution is 2.24. The molecule has 0 saturated carbocycles. The van der Waals surface area contributed by atoms with Crippen LogP contribution in [0.25, 0.3) is 11.0 Å². The largest absolute Gasteiger partial charge is 0.389 e. The summed E-state index contributed by atoms with van der Waals surface area (Å²) in [6.07, 6.45) is 6.12. The van der Waals surface area contributed by atoms with Gasteiger partial charge in [-0.05, 0) is 45.9 Å². The summed E-state index contributed by atoms with van der Waals surface area (Å²) >= 11 is 0. The Balaban J connectivity index is 1.59. The molecule has 0 aliphatic rings. The molecule has 0 aromatic carbocycles. The van der Waals surface area contributed by atoms with Crippen molar-refractivity contribution in [2.45, 2.75) is 46.4 Å². The van der Waals surface area contributed by atoms with E-state index < -0.39 is 5.60 Å². The Labute approximate surface area is 190 Å². The Hall–Kier alpha value is -3.92. The molecular formula is C23H25N7O3. The number of pyridine rings is 1. The molecule has 4 heterocycles. The minimum Gasteiger partial charge on any atom is -0.389 e. The van der Waals surface area contributed by atoms with E-state index >= 15 is 0 Å². The summed E-state index contributed by atoms with van der Waals surface area (Å²) < 4.78 is 3.35. The van der Waals surface area contributed by atoms with Gasteiger partial charge in [-0.1, -0.05) is 0 Å². The topological polar surface area (TPSA) is 128 Å². The first-order valence-corrected chi connectivity index (χ1v) is 10.4. The second-order valence-electron chi connectivity index (χ2n) is 8.63. The molecule has 0 aliphatic carbocycles. The van der Waals surface area contributed by atoms with Gasteiger partial charge in [0.2, 0.25) is 5.91 Å². The lowest BCUT2D eigenvalue weighted by molar-refractivity contribution is -0.117. The highest BCUT2D eigenvalue weighted by atomic mass is 16.3. The maximum atomic E-state index is 13.3. The molecule has 0 aliphatic heterocycles. The van der Waals surface area contributed by atoms with Gasteiger partial charge in [0.1, 0.15) is 24.3 Å². The van der Waals surface area contributed by atoms with Gasteiger partial charge in [-0.25, -0.2) is 15.0 Å². The van der Waals surface area contributed by atoms with E-state index in [0.717, 1.165) is 11.4 Å². The Bertz CT molecular complexity index is 1350. The van der Waals surface area contributed by atoms with Crippen molar-refractivity contribution in [2.24, 2.45) is 0 Å². The Morgan fingerprint density at radius 3 is 2.67 bits per heavy atom. The van der Waals surface area contributed by atoms with E-state index in [9.17, 15) is 14.7 Å². The standard InChI is InChI=1S/C23H25N7O3/c1-14-7-15(2)30(28-14)11-20(31)27-19-8-16(5-6-25-19)21(32)18-10-29(12-23(3,4)33)22-17(18)9-24-13-26-22/h5-10,13,33H,11-12H2,1-4H3,(H,25,27,31). The molecule has 0 saturated heterocycles. The maximum absolute atomic E-state index is 13.3. The zero-order valence-corrected chi connectivity index (χ0v) is 18.9. The van der Waals surface area contributed by atoms with Crippen LogP contribution in [0.3, 0.4) is 0 Å². The molecule has 10 nitrogen and oxygen atoms in total. The molecule has 2 N–H and O–H groups in total. The van der Waals surface area contributed by atoms with Crippen molar-refractivity contribution in [3.05, 3.63) is 65.6 Å². The molecule has 1 amide bonds. The van der Waals surface area contributed by atoms with E-state index in [0.29, 0.717) is 22.2 Å². The zero-order valence-electron chi connectivity index (χ0n) is 18.9. The summed E-state index contributed by atoms with van der Waals surface area (Å²) in [4.78, 5) is 38.3. The second-order valence-corrected chi connectivity index (χ2v) is 8.63. The highest BCUT2D eigenvalue weighted by Gasteiger charge is 2.22. The molecule has 0 radical (unpaired) electrons. The summed E-state index contributed by atoms with van der Waals surface area (Å²) in [7, 11) is 0. The number of fused-ring (bicyclic) bond motifs is 1. The van der Waals surface area contributed by atoms with Gasteiger partial charge in [-0.2, -0.15) is 5.10 Å². The van der Waals surface area contributed by atoms with Crippen LogP contribution in [0.4, 0.5) is 5.82 Å². The molecule has 4 rings (SSSR count). The number of amides is 1. The number of aromatic nitrogens is 6. The summed E-state index contributed by atoms with van der Waals surface area (Å²) in [5, 5.41) is 17.8. The van der Waals surface area contributed by atoms with E-state index in [4.69, 9.17) is 0 Å². The van der Waals surface area contributed by atoms with Crippen molar-refractivity contribution >= 4 is 28.5 Å². The third kappa shape index (κ3) is 4.96. The van der Waals surface area contributed by atoms with Crippen molar-refractivity contribution in [1.29, 1.82) is 0 Å². The maximum Gasteiger partial charge on any atom is 0.247 e. The summed E-state index contributed by atoms with van der Waals surface area (Å²) in [5.74, 6) is -0.293. The summed E-state index contributed by atoms with van der Waals surface area (Å²) in [6.45, 7) is 7.42. The van der Waals surface area contributed by atoms with Gasteiger partial charge in [-0.15, -0.1) is 0 Å². The minimum atomic E-state index is -0.989. The number of carbonyl (C=O) groups excluding carboxylic acids is 2. The minimum absolute atomic E-state index is 0.0430. The van der Waals surface area contributed by atoms with Crippen LogP contribution in [0.1, 0.15) is 41.2 Å². The van der Waals surface area contributed by atoms with Gasteiger partial charge in [0.05, 0.1) is 23.4 Å². The fourth-order valence-electron chi connectivity index (χ4n) is 3.70. The van der Waals surface area contributed by atoms with Crippen LogP contribution in [0.5, 0.6) is 0 Å². The quantitative estimate of drug-likeness (QED) is 0.416. The van der Waals surface area contributed by atoms with Crippen LogP contribution in [-0.2, 0) is 17.9 Å². The SMILES string of the molecule is Cc1cc(C)n(CC(=O)Nc2cc(C(=O)c3cn(CC(C)(C)O)c4ncncc34)ccn2)n1. The number of hydrogen-bond acceptors (Lipinski definition) is 7. The van der Waals surface area contributed by atoms with Crippen LogP contribution in [-0.4, -0.2) is 51.7 Å².